The average molecular weight is 566 g/mol. The van der Waals surface area contributed by atoms with Crippen LogP contribution in [-0.2, 0) is 21.4 Å². The molecule has 2 heterocycles. The van der Waals surface area contributed by atoms with Crippen LogP contribution in [0.4, 0.5) is 0 Å². The zero-order valence-corrected chi connectivity index (χ0v) is 21.4. The van der Waals surface area contributed by atoms with E-state index in [-0.39, 0.29) is 18.6 Å². The fourth-order valence-corrected chi connectivity index (χ4v) is 6.63. The molecular formula is C24H27IN2O4S. The maximum absolute atomic E-state index is 13.4. The van der Waals surface area contributed by atoms with Gasteiger partial charge in [-0.25, -0.2) is 8.42 Å². The molecule has 0 aliphatic carbocycles. The van der Waals surface area contributed by atoms with Gasteiger partial charge in [0.15, 0.2) is 0 Å². The van der Waals surface area contributed by atoms with Crippen molar-refractivity contribution < 1.29 is 17.9 Å². The van der Waals surface area contributed by atoms with E-state index in [4.69, 9.17) is 4.74 Å². The van der Waals surface area contributed by atoms with Crippen molar-refractivity contribution in [1.29, 1.82) is 0 Å². The van der Waals surface area contributed by atoms with E-state index in [1.54, 1.807) is 22.5 Å². The predicted molar refractivity (Wildman–Crippen MR) is 134 cm³/mol. The fourth-order valence-electron chi connectivity index (χ4n) is 4.45. The summed E-state index contributed by atoms with van der Waals surface area (Å²) in [5.41, 5.74) is 2.80. The molecule has 1 saturated heterocycles. The van der Waals surface area contributed by atoms with Crippen molar-refractivity contribution >= 4 is 49.8 Å². The van der Waals surface area contributed by atoms with E-state index in [2.05, 4.69) is 34.7 Å². The smallest absolute Gasteiger partial charge is 0.243 e. The third kappa shape index (κ3) is 4.45. The van der Waals surface area contributed by atoms with Crippen LogP contribution in [0.1, 0.15) is 37.3 Å². The lowest BCUT2D eigenvalue weighted by Gasteiger charge is -2.19. The lowest BCUT2D eigenvalue weighted by atomic mass is 9.98. The molecule has 3 aromatic rings. The van der Waals surface area contributed by atoms with E-state index >= 15 is 0 Å². The van der Waals surface area contributed by atoms with Crippen LogP contribution in [0.2, 0.25) is 0 Å². The molecule has 1 unspecified atom stereocenters. The molecule has 8 heteroatoms. The molecule has 1 aromatic heterocycles. The van der Waals surface area contributed by atoms with Crippen molar-refractivity contribution in [3.05, 3.63) is 57.3 Å². The fraction of sp³-hybridized carbons (Fsp3) is 0.375. The molecule has 0 spiro atoms. The van der Waals surface area contributed by atoms with Crippen molar-refractivity contribution in [2.45, 2.75) is 50.7 Å². The van der Waals surface area contributed by atoms with Crippen LogP contribution in [0.15, 0.2) is 47.5 Å². The van der Waals surface area contributed by atoms with Gasteiger partial charge in [0.2, 0.25) is 10.0 Å². The van der Waals surface area contributed by atoms with Gasteiger partial charge < -0.3 is 14.1 Å². The number of sulfonamides is 1. The highest BCUT2D eigenvalue weighted by Crippen LogP contribution is 2.37. The number of rotatable bonds is 7. The predicted octanol–water partition coefficient (Wildman–Crippen LogP) is 4.72. The third-order valence-electron chi connectivity index (χ3n) is 5.87. The summed E-state index contributed by atoms with van der Waals surface area (Å²) in [4.78, 5) is 11.5. The number of carbonyl (C=O) groups excluding carboxylic acids is 1. The highest BCUT2D eigenvalue weighted by atomic mass is 127. The first-order valence-electron chi connectivity index (χ1n) is 10.7. The van der Waals surface area contributed by atoms with E-state index in [9.17, 15) is 13.2 Å². The summed E-state index contributed by atoms with van der Waals surface area (Å²) in [5.74, 6) is 0.762. The van der Waals surface area contributed by atoms with E-state index in [1.165, 1.54) is 0 Å². The molecule has 2 aromatic carbocycles. The van der Waals surface area contributed by atoms with Gasteiger partial charge in [-0.2, -0.15) is 4.31 Å². The molecule has 32 heavy (non-hydrogen) atoms. The van der Waals surface area contributed by atoms with Gasteiger partial charge >= 0.3 is 0 Å². The minimum Gasteiger partial charge on any atom is -0.491 e. The molecule has 1 aliphatic rings. The molecule has 4 rings (SSSR count). The summed E-state index contributed by atoms with van der Waals surface area (Å²) in [6.07, 6.45) is 3.68. The Hall–Kier alpha value is -1.91. The number of fused-ring (bicyclic) bond motifs is 1. The zero-order chi connectivity index (χ0) is 23.0. The van der Waals surface area contributed by atoms with Crippen molar-refractivity contribution in [3.63, 3.8) is 0 Å². The maximum Gasteiger partial charge on any atom is 0.243 e. The van der Waals surface area contributed by atoms with Crippen LogP contribution < -0.4 is 4.74 Å². The van der Waals surface area contributed by atoms with Gasteiger partial charge in [-0.1, -0.05) is 6.07 Å². The van der Waals surface area contributed by atoms with Crippen LogP contribution in [0.5, 0.6) is 5.75 Å². The summed E-state index contributed by atoms with van der Waals surface area (Å²) in [6, 6.07) is 11.3. The molecule has 0 saturated carbocycles. The molecule has 0 radical (unpaired) electrons. The van der Waals surface area contributed by atoms with Gasteiger partial charge in [-0.15, -0.1) is 0 Å². The SMILES string of the molecule is Cc1cc(OC(C)C)ccc1S(=O)(=O)N1CCC(c2cn(CC=O)c3cc(I)ccc23)C1. The molecule has 1 fully saturated rings. The van der Waals surface area contributed by atoms with Crippen molar-refractivity contribution in [2.75, 3.05) is 13.1 Å². The lowest BCUT2D eigenvalue weighted by molar-refractivity contribution is -0.108. The Labute approximate surface area is 202 Å². The van der Waals surface area contributed by atoms with Crippen LogP contribution in [0, 0.1) is 10.5 Å². The number of aryl methyl sites for hydroxylation is 1. The summed E-state index contributed by atoms with van der Waals surface area (Å²) in [5, 5.41) is 1.09. The van der Waals surface area contributed by atoms with Crippen molar-refractivity contribution in [2.24, 2.45) is 0 Å². The topological polar surface area (TPSA) is 68.6 Å². The number of hydrogen-bond donors (Lipinski definition) is 0. The number of halogens is 1. The molecule has 6 nitrogen and oxygen atoms in total. The van der Waals surface area contributed by atoms with Crippen molar-refractivity contribution in [1.82, 2.24) is 8.87 Å². The van der Waals surface area contributed by atoms with Crippen molar-refractivity contribution in [3.8, 4) is 5.75 Å². The van der Waals surface area contributed by atoms with E-state index in [0.717, 1.165) is 32.7 Å². The molecule has 0 N–H and O–H groups in total. The minimum atomic E-state index is -3.61. The molecule has 1 atom stereocenters. The summed E-state index contributed by atoms with van der Waals surface area (Å²) < 4.78 is 37.2. The second kappa shape index (κ2) is 9.15. The maximum atomic E-state index is 13.4. The molecule has 0 bridgehead atoms. The second-order valence-electron chi connectivity index (χ2n) is 8.51. The quantitative estimate of drug-likeness (QED) is 0.307. The molecule has 0 amide bonds. The van der Waals surface area contributed by atoms with E-state index in [1.807, 2.05) is 37.6 Å². The Balaban J connectivity index is 1.62. The highest BCUT2D eigenvalue weighted by Gasteiger charge is 2.35. The normalized spacial score (nSPS) is 17.3. The lowest BCUT2D eigenvalue weighted by Crippen LogP contribution is -2.29. The van der Waals surface area contributed by atoms with E-state index in [0.29, 0.717) is 29.3 Å². The van der Waals surface area contributed by atoms with Gasteiger partial charge in [-0.05, 0) is 91.2 Å². The zero-order valence-electron chi connectivity index (χ0n) is 18.4. The molecule has 1 aliphatic heterocycles. The Morgan fingerprint density at radius 1 is 1.22 bits per heavy atom. The van der Waals surface area contributed by atoms with Gasteiger partial charge in [-0.3, -0.25) is 0 Å². The largest absolute Gasteiger partial charge is 0.491 e. The van der Waals surface area contributed by atoms with Gasteiger partial charge in [0, 0.05) is 39.7 Å². The van der Waals surface area contributed by atoms with E-state index < -0.39 is 10.0 Å². The van der Waals surface area contributed by atoms with Crippen LogP contribution >= 0.6 is 22.6 Å². The number of carbonyl (C=O) groups is 1. The van der Waals surface area contributed by atoms with Crippen LogP contribution in [0.25, 0.3) is 10.9 Å². The molecule has 170 valence electrons. The number of benzene rings is 2. The number of nitrogens with zero attached hydrogens (tertiary/aromatic N) is 2. The van der Waals surface area contributed by atoms with Crippen LogP contribution in [0.3, 0.4) is 0 Å². The van der Waals surface area contributed by atoms with Crippen LogP contribution in [-0.4, -0.2) is 42.8 Å². The number of aldehydes is 1. The van der Waals surface area contributed by atoms with Gasteiger partial charge in [0.25, 0.3) is 0 Å². The first-order chi connectivity index (χ1) is 15.2. The number of ether oxygens (including phenoxy) is 1. The first-order valence-corrected chi connectivity index (χ1v) is 13.2. The van der Waals surface area contributed by atoms with Gasteiger partial charge in [0.05, 0.1) is 17.5 Å². The first kappa shape index (κ1) is 23.3. The standard InChI is InChI=1S/C24H27IN2O4S/c1-16(2)31-20-5-7-24(17(3)12-20)32(29,30)27-9-8-18(14-27)22-15-26(10-11-28)23-13-19(25)4-6-21(22)23/h4-7,11-13,15-16,18H,8-10,14H2,1-3H3. The Morgan fingerprint density at radius 3 is 2.69 bits per heavy atom. The second-order valence-corrected chi connectivity index (χ2v) is 11.7. The Morgan fingerprint density at radius 2 is 2.00 bits per heavy atom. The average Bonchev–Trinajstić information content (AvgIpc) is 3.33. The Bertz CT molecular complexity index is 1270. The summed E-state index contributed by atoms with van der Waals surface area (Å²) in [7, 11) is -3.61. The summed E-state index contributed by atoms with van der Waals surface area (Å²) in [6.45, 7) is 6.88. The number of hydrogen-bond acceptors (Lipinski definition) is 4. The monoisotopic (exact) mass is 566 g/mol. The van der Waals surface area contributed by atoms with Gasteiger partial charge in [0.1, 0.15) is 12.0 Å². The number of aromatic nitrogens is 1. The molecular weight excluding hydrogens is 539 g/mol. The summed E-state index contributed by atoms with van der Waals surface area (Å²) >= 11 is 2.26. The third-order valence-corrected chi connectivity index (χ3v) is 8.57. The Kier molecular flexibility index (Phi) is 6.65. The highest BCUT2D eigenvalue weighted by molar-refractivity contribution is 14.1. The minimum absolute atomic E-state index is 0.0285.